The molecule has 1 amide bonds. The van der Waals surface area contributed by atoms with E-state index in [9.17, 15) is 9.18 Å². The van der Waals surface area contributed by atoms with E-state index in [0.717, 1.165) is 10.9 Å². The maximum atomic E-state index is 12.8. The standard InChI is InChI=1S/C16H11FN2O/c17-13-4-6-14(7-5-13)19-16(20)12-3-8-15-11(10-12)2-1-9-18-15/h1-10H,(H,19,20). The molecule has 3 rings (SSSR count). The van der Waals surface area contributed by atoms with Crippen molar-refractivity contribution in [1.82, 2.24) is 4.98 Å². The topological polar surface area (TPSA) is 42.0 Å². The highest BCUT2D eigenvalue weighted by Gasteiger charge is 2.07. The van der Waals surface area contributed by atoms with Crippen LogP contribution in [-0.4, -0.2) is 10.9 Å². The van der Waals surface area contributed by atoms with E-state index >= 15 is 0 Å². The Morgan fingerprint density at radius 2 is 1.85 bits per heavy atom. The van der Waals surface area contributed by atoms with Crippen LogP contribution in [0.25, 0.3) is 10.9 Å². The third kappa shape index (κ3) is 2.49. The van der Waals surface area contributed by atoms with Crippen molar-refractivity contribution >= 4 is 22.5 Å². The first kappa shape index (κ1) is 12.3. The first-order chi connectivity index (χ1) is 9.72. The molecular weight excluding hydrogens is 255 g/mol. The van der Waals surface area contributed by atoms with Gasteiger partial charge in [-0.05, 0) is 48.5 Å². The van der Waals surface area contributed by atoms with Gasteiger partial charge in [0.2, 0.25) is 0 Å². The van der Waals surface area contributed by atoms with E-state index in [2.05, 4.69) is 10.3 Å². The van der Waals surface area contributed by atoms with Gasteiger partial charge in [-0.25, -0.2) is 4.39 Å². The van der Waals surface area contributed by atoms with Gasteiger partial charge in [0.25, 0.3) is 5.91 Å². The number of nitrogens with one attached hydrogen (secondary N) is 1. The number of nitrogens with zero attached hydrogens (tertiary/aromatic N) is 1. The van der Waals surface area contributed by atoms with Crippen molar-refractivity contribution in [2.45, 2.75) is 0 Å². The van der Waals surface area contributed by atoms with E-state index in [1.54, 1.807) is 24.4 Å². The van der Waals surface area contributed by atoms with Crippen LogP contribution in [-0.2, 0) is 0 Å². The van der Waals surface area contributed by atoms with Crippen LogP contribution >= 0.6 is 0 Å². The Balaban J connectivity index is 1.86. The molecule has 1 aromatic heterocycles. The highest BCUT2D eigenvalue weighted by Crippen LogP contribution is 2.15. The van der Waals surface area contributed by atoms with Crippen LogP contribution in [0.3, 0.4) is 0 Å². The van der Waals surface area contributed by atoms with Crippen molar-refractivity contribution in [3.8, 4) is 0 Å². The molecule has 0 bridgehead atoms. The van der Waals surface area contributed by atoms with E-state index in [-0.39, 0.29) is 11.7 Å². The molecule has 0 saturated heterocycles. The Kier molecular flexibility index (Phi) is 3.13. The molecule has 3 nitrogen and oxygen atoms in total. The molecule has 0 fully saturated rings. The summed E-state index contributed by atoms with van der Waals surface area (Å²) in [5, 5.41) is 3.63. The first-order valence-corrected chi connectivity index (χ1v) is 6.14. The Morgan fingerprint density at radius 1 is 1.05 bits per heavy atom. The third-order valence-corrected chi connectivity index (χ3v) is 2.97. The number of anilines is 1. The zero-order valence-corrected chi connectivity index (χ0v) is 10.5. The lowest BCUT2D eigenvalue weighted by Gasteiger charge is -2.06. The minimum absolute atomic E-state index is 0.234. The molecule has 1 N–H and O–H groups in total. The van der Waals surface area contributed by atoms with E-state index in [0.29, 0.717) is 11.3 Å². The normalized spacial score (nSPS) is 10.4. The minimum atomic E-state index is -0.334. The summed E-state index contributed by atoms with van der Waals surface area (Å²) >= 11 is 0. The molecule has 0 radical (unpaired) electrons. The van der Waals surface area contributed by atoms with Crippen molar-refractivity contribution in [1.29, 1.82) is 0 Å². The predicted octanol–water partition coefficient (Wildman–Crippen LogP) is 3.63. The zero-order valence-electron chi connectivity index (χ0n) is 10.5. The second-order valence-corrected chi connectivity index (χ2v) is 4.37. The van der Waals surface area contributed by atoms with Gasteiger partial charge in [-0.3, -0.25) is 9.78 Å². The monoisotopic (exact) mass is 266 g/mol. The molecule has 3 aromatic rings. The fourth-order valence-electron chi connectivity index (χ4n) is 1.95. The first-order valence-electron chi connectivity index (χ1n) is 6.14. The number of hydrogen-bond donors (Lipinski definition) is 1. The number of fused-ring (bicyclic) bond motifs is 1. The van der Waals surface area contributed by atoms with Crippen molar-refractivity contribution in [2.24, 2.45) is 0 Å². The maximum absolute atomic E-state index is 12.8. The molecule has 0 aliphatic heterocycles. The number of pyridine rings is 1. The Morgan fingerprint density at radius 3 is 2.65 bits per heavy atom. The average molecular weight is 266 g/mol. The van der Waals surface area contributed by atoms with Crippen molar-refractivity contribution in [3.05, 3.63) is 72.2 Å². The SMILES string of the molecule is O=C(Nc1ccc(F)cc1)c1ccc2ncccc2c1. The molecule has 2 aromatic carbocycles. The van der Waals surface area contributed by atoms with Gasteiger partial charge in [0.15, 0.2) is 0 Å². The Labute approximate surface area is 115 Å². The quantitative estimate of drug-likeness (QED) is 0.769. The number of carbonyl (C=O) groups excluding carboxylic acids is 1. The van der Waals surface area contributed by atoms with Crippen LogP contribution in [0.5, 0.6) is 0 Å². The van der Waals surface area contributed by atoms with Gasteiger partial charge in [-0.15, -0.1) is 0 Å². The summed E-state index contributed by atoms with van der Waals surface area (Å²) in [5.41, 5.74) is 1.93. The number of benzene rings is 2. The van der Waals surface area contributed by atoms with Crippen LogP contribution in [0.4, 0.5) is 10.1 Å². The van der Waals surface area contributed by atoms with Gasteiger partial charge in [0.05, 0.1) is 5.52 Å². The largest absolute Gasteiger partial charge is 0.322 e. The lowest BCUT2D eigenvalue weighted by Crippen LogP contribution is -2.11. The third-order valence-electron chi connectivity index (χ3n) is 2.97. The average Bonchev–Trinajstić information content (AvgIpc) is 2.49. The van der Waals surface area contributed by atoms with Crippen molar-refractivity contribution in [3.63, 3.8) is 0 Å². The lowest BCUT2D eigenvalue weighted by molar-refractivity contribution is 0.102. The summed E-state index contributed by atoms with van der Waals surface area (Å²) in [7, 11) is 0. The second kappa shape index (κ2) is 5.09. The fraction of sp³-hybridized carbons (Fsp3) is 0. The van der Waals surface area contributed by atoms with Crippen molar-refractivity contribution < 1.29 is 9.18 Å². The van der Waals surface area contributed by atoms with E-state index in [1.165, 1.54) is 24.3 Å². The zero-order chi connectivity index (χ0) is 13.9. The molecular formula is C16H11FN2O. The van der Waals surface area contributed by atoms with Gasteiger partial charge in [0, 0.05) is 22.8 Å². The minimum Gasteiger partial charge on any atom is -0.322 e. The molecule has 0 spiro atoms. The maximum Gasteiger partial charge on any atom is 0.255 e. The van der Waals surface area contributed by atoms with Gasteiger partial charge >= 0.3 is 0 Å². The molecule has 1 heterocycles. The fourth-order valence-corrected chi connectivity index (χ4v) is 1.95. The summed E-state index contributed by atoms with van der Waals surface area (Å²) in [4.78, 5) is 16.3. The summed E-state index contributed by atoms with van der Waals surface area (Å²) in [6.45, 7) is 0. The van der Waals surface area contributed by atoms with Crippen LogP contribution in [0, 0.1) is 5.82 Å². The van der Waals surface area contributed by atoms with Gasteiger partial charge in [0.1, 0.15) is 5.82 Å². The summed E-state index contributed by atoms with van der Waals surface area (Å²) < 4.78 is 12.8. The number of carbonyl (C=O) groups is 1. The summed E-state index contributed by atoms with van der Waals surface area (Å²) in [6.07, 6.45) is 1.71. The number of rotatable bonds is 2. The second-order valence-electron chi connectivity index (χ2n) is 4.37. The number of aromatic nitrogens is 1. The summed E-state index contributed by atoms with van der Waals surface area (Å²) in [6, 6.07) is 14.7. The molecule has 4 heteroatoms. The van der Waals surface area contributed by atoms with E-state index in [4.69, 9.17) is 0 Å². The summed E-state index contributed by atoms with van der Waals surface area (Å²) in [5.74, 6) is -0.567. The van der Waals surface area contributed by atoms with Crippen molar-refractivity contribution in [2.75, 3.05) is 5.32 Å². The number of amides is 1. The number of halogens is 1. The van der Waals surface area contributed by atoms with Gasteiger partial charge in [-0.1, -0.05) is 6.07 Å². The van der Waals surface area contributed by atoms with Crippen LogP contribution in [0.2, 0.25) is 0 Å². The Hall–Kier alpha value is -2.75. The smallest absolute Gasteiger partial charge is 0.255 e. The van der Waals surface area contributed by atoms with Gasteiger partial charge < -0.3 is 5.32 Å². The van der Waals surface area contributed by atoms with E-state index < -0.39 is 0 Å². The molecule has 0 saturated carbocycles. The molecule has 98 valence electrons. The highest BCUT2D eigenvalue weighted by atomic mass is 19.1. The van der Waals surface area contributed by atoms with Crippen LogP contribution in [0.1, 0.15) is 10.4 Å². The van der Waals surface area contributed by atoms with Gasteiger partial charge in [-0.2, -0.15) is 0 Å². The molecule has 0 aliphatic rings. The molecule has 0 unspecified atom stereocenters. The molecule has 20 heavy (non-hydrogen) atoms. The Bertz CT molecular complexity index is 769. The van der Waals surface area contributed by atoms with Crippen LogP contribution in [0.15, 0.2) is 60.8 Å². The highest BCUT2D eigenvalue weighted by molar-refractivity contribution is 6.06. The molecule has 0 aliphatic carbocycles. The van der Waals surface area contributed by atoms with Crippen LogP contribution < -0.4 is 5.32 Å². The van der Waals surface area contributed by atoms with E-state index in [1.807, 2.05) is 12.1 Å². The molecule has 0 atom stereocenters. The predicted molar refractivity (Wildman–Crippen MR) is 76.1 cm³/mol. The number of hydrogen-bond acceptors (Lipinski definition) is 2. The lowest BCUT2D eigenvalue weighted by atomic mass is 10.1.